The molecule has 0 N–H and O–H groups in total. The first-order valence-electron chi connectivity index (χ1n) is 7.97. The predicted molar refractivity (Wildman–Crippen MR) is 97.7 cm³/mol. The van der Waals surface area contributed by atoms with E-state index in [2.05, 4.69) is 0 Å². The zero-order chi connectivity index (χ0) is 19.5. The van der Waals surface area contributed by atoms with Crippen molar-refractivity contribution in [2.75, 3.05) is 14.1 Å². The molecule has 2 aromatic carbocycles. The Morgan fingerprint density at radius 1 is 1.00 bits per heavy atom. The van der Waals surface area contributed by atoms with Crippen LogP contribution in [0.15, 0.2) is 53.4 Å². The van der Waals surface area contributed by atoms with Crippen LogP contribution in [-0.4, -0.2) is 44.7 Å². The van der Waals surface area contributed by atoms with Crippen LogP contribution in [-0.2, 0) is 14.8 Å². The maximum absolute atomic E-state index is 12.4. The number of ether oxygens (including phenoxy) is 1. The number of nitrogens with zero attached hydrogens (tertiary/aromatic N) is 1. The van der Waals surface area contributed by atoms with Gasteiger partial charge in [0.1, 0.15) is 0 Å². The van der Waals surface area contributed by atoms with E-state index in [1.807, 2.05) is 6.92 Å². The largest absolute Gasteiger partial charge is 0.451 e. The van der Waals surface area contributed by atoms with Crippen LogP contribution in [0, 0.1) is 6.92 Å². The van der Waals surface area contributed by atoms with E-state index in [1.54, 1.807) is 24.3 Å². The number of Topliss-reactive ketones (excluding diaryl/α,β-unsaturated/α-hetero) is 1. The first-order chi connectivity index (χ1) is 12.1. The number of ketones is 1. The van der Waals surface area contributed by atoms with Gasteiger partial charge in [-0.3, -0.25) is 4.79 Å². The van der Waals surface area contributed by atoms with Crippen molar-refractivity contribution in [2.24, 2.45) is 0 Å². The molecule has 2 rings (SSSR count). The smallest absolute Gasteiger partial charge is 0.338 e. The van der Waals surface area contributed by atoms with E-state index in [4.69, 9.17) is 4.74 Å². The third-order valence-electron chi connectivity index (χ3n) is 3.84. The molecule has 0 aliphatic carbocycles. The fraction of sp³-hybridized carbons (Fsp3) is 0.263. The third-order valence-corrected chi connectivity index (χ3v) is 5.65. The quantitative estimate of drug-likeness (QED) is 0.573. The normalized spacial score (nSPS) is 12.7. The molecule has 6 nitrogen and oxygen atoms in total. The van der Waals surface area contributed by atoms with Crippen LogP contribution in [0.1, 0.15) is 33.2 Å². The van der Waals surface area contributed by atoms with Gasteiger partial charge >= 0.3 is 5.97 Å². The molecule has 0 aliphatic heterocycles. The first-order valence-corrected chi connectivity index (χ1v) is 9.41. The van der Waals surface area contributed by atoms with E-state index in [-0.39, 0.29) is 16.2 Å². The van der Waals surface area contributed by atoms with Gasteiger partial charge in [-0.2, -0.15) is 0 Å². The number of aryl methyl sites for hydroxylation is 1. The molecule has 0 amide bonds. The topological polar surface area (TPSA) is 80.8 Å². The Morgan fingerprint density at radius 3 is 2.19 bits per heavy atom. The van der Waals surface area contributed by atoms with Crippen LogP contribution in [0.2, 0.25) is 0 Å². The Morgan fingerprint density at radius 2 is 1.62 bits per heavy atom. The minimum absolute atomic E-state index is 0.0190. The standard InChI is InChI=1S/C19H21NO5S/c1-13-8-10-15(11-9-13)18(21)14(2)25-19(22)16-6-5-7-17(12-16)26(23,24)20(3)4/h5-12,14H,1-4H3. The van der Waals surface area contributed by atoms with E-state index in [0.29, 0.717) is 5.56 Å². The van der Waals surface area contributed by atoms with Crippen molar-refractivity contribution in [3.05, 3.63) is 65.2 Å². The van der Waals surface area contributed by atoms with Crippen LogP contribution in [0.4, 0.5) is 0 Å². The number of sulfonamides is 1. The van der Waals surface area contributed by atoms with Gasteiger partial charge in [0, 0.05) is 19.7 Å². The number of benzene rings is 2. The molecular formula is C19H21NO5S. The second kappa shape index (κ2) is 7.80. The molecule has 2 aromatic rings. The second-order valence-electron chi connectivity index (χ2n) is 6.09. The van der Waals surface area contributed by atoms with Crippen LogP contribution < -0.4 is 0 Å². The van der Waals surface area contributed by atoms with Crippen molar-refractivity contribution in [1.29, 1.82) is 0 Å². The SMILES string of the molecule is Cc1ccc(C(=O)C(C)OC(=O)c2cccc(S(=O)(=O)N(C)C)c2)cc1. The Balaban J connectivity index is 2.17. The molecule has 0 bridgehead atoms. The van der Waals surface area contributed by atoms with E-state index in [1.165, 1.54) is 45.3 Å². The Labute approximate surface area is 153 Å². The highest BCUT2D eigenvalue weighted by Crippen LogP contribution is 2.17. The van der Waals surface area contributed by atoms with Crippen molar-refractivity contribution in [2.45, 2.75) is 24.8 Å². The van der Waals surface area contributed by atoms with E-state index in [0.717, 1.165) is 9.87 Å². The summed E-state index contributed by atoms with van der Waals surface area (Å²) in [5.74, 6) is -1.08. The van der Waals surface area contributed by atoms with Gasteiger partial charge in [0.25, 0.3) is 0 Å². The van der Waals surface area contributed by atoms with Gasteiger partial charge in [-0.15, -0.1) is 0 Å². The highest BCUT2D eigenvalue weighted by Gasteiger charge is 2.22. The highest BCUT2D eigenvalue weighted by atomic mass is 32.2. The summed E-state index contributed by atoms with van der Waals surface area (Å²) >= 11 is 0. The zero-order valence-corrected chi connectivity index (χ0v) is 15.9. The van der Waals surface area contributed by atoms with E-state index < -0.39 is 22.1 Å². The zero-order valence-electron chi connectivity index (χ0n) is 15.1. The van der Waals surface area contributed by atoms with Crippen molar-refractivity contribution in [3.8, 4) is 0 Å². The van der Waals surface area contributed by atoms with Gasteiger partial charge in [0.15, 0.2) is 6.10 Å². The summed E-state index contributed by atoms with van der Waals surface area (Å²) in [6.45, 7) is 3.40. The summed E-state index contributed by atoms with van der Waals surface area (Å²) in [6.07, 6.45) is -0.987. The number of rotatable bonds is 6. The lowest BCUT2D eigenvalue weighted by molar-refractivity contribution is 0.0318. The summed E-state index contributed by atoms with van der Waals surface area (Å²) in [6, 6.07) is 12.5. The van der Waals surface area contributed by atoms with Gasteiger partial charge in [-0.1, -0.05) is 35.9 Å². The molecule has 0 heterocycles. The Bertz CT molecular complexity index is 917. The van der Waals surface area contributed by atoms with E-state index in [9.17, 15) is 18.0 Å². The molecule has 0 saturated carbocycles. The number of carbonyl (C=O) groups excluding carboxylic acids is 2. The number of hydrogen-bond donors (Lipinski definition) is 0. The molecule has 0 fully saturated rings. The molecule has 0 saturated heterocycles. The third kappa shape index (κ3) is 4.36. The number of esters is 1. The molecule has 1 unspecified atom stereocenters. The lowest BCUT2D eigenvalue weighted by Gasteiger charge is -2.14. The van der Waals surface area contributed by atoms with Crippen molar-refractivity contribution in [3.63, 3.8) is 0 Å². The Kier molecular flexibility index (Phi) is 5.94. The minimum Gasteiger partial charge on any atom is -0.451 e. The van der Waals surface area contributed by atoms with Crippen molar-refractivity contribution < 1.29 is 22.7 Å². The molecule has 0 radical (unpaired) electrons. The predicted octanol–water partition coefficient (Wildman–Crippen LogP) is 2.67. The summed E-state index contributed by atoms with van der Waals surface area (Å²) in [7, 11) is -0.855. The van der Waals surface area contributed by atoms with Gasteiger partial charge in [-0.05, 0) is 32.0 Å². The number of hydrogen-bond acceptors (Lipinski definition) is 5. The molecule has 0 spiro atoms. The summed E-state index contributed by atoms with van der Waals surface area (Å²) in [5.41, 5.74) is 1.53. The van der Waals surface area contributed by atoms with Gasteiger partial charge in [0.05, 0.1) is 10.5 Å². The second-order valence-corrected chi connectivity index (χ2v) is 8.24. The number of carbonyl (C=O) groups is 2. The van der Waals surface area contributed by atoms with Crippen molar-refractivity contribution >= 4 is 21.8 Å². The minimum atomic E-state index is -3.67. The average molecular weight is 375 g/mol. The summed E-state index contributed by atoms with van der Waals surface area (Å²) < 4.78 is 30.6. The summed E-state index contributed by atoms with van der Waals surface area (Å²) in [4.78, 5) is 24.7. The molecule has 0 aromatic heterocycles. The van der Waals surface area contributed by atoms with E-state index >= 15 is 0 Å². The molecule has 138 valence electrons. The fourth-order valence-electron chi connectivity index (χ4n) is 2.23. The van der Waals surface area contributed by atoms with Crippen LogP contribution >= 0.6 is 0 Å². The highest BCUT2D eigenvalue weighted by molar-refractivity contribution is 7.89. The monoisotopic (exact) mass is 375 g/mol. The Hall–Kier alpha value is -2.51. The molecular weight excluding hydrogens is 354 g/mol. The molecule has 0 aliphatic rings. The maximum atomic E-state index is 12.4. The molecule has 7 heteroatoms. The average Bonchev–Trinajstić information content (AvgIpc) is 2.61. The lowest BCUT2D eigenvalue weighted by Crippen LogP contribution is -2.25. The van der Waals surface area contributed by atoms with Crippen LogP contribution in [0.5, 0.6) is 0 Å². The van der Waals surface area contributed by atoms with Gasteiger partial charge in [-0.25, -0.2) is 17.5 Å². The molecule has 1 atom stereocenters. The van der Waals surface area contributed by atoms with Crippen LogP contribution in [0.25, 0.3) is 0 Å². The molecule has 26 heavy (non-hydrogen) atoms. The van der Waals surface area contributed by atoms with Crippen molar-refractivity contribution in [1.82, 2.24) is 4.31 Å². The van der Waals surface area contributed by atoms with Crippen LogP contribution in [0.3, 0.4) is 0 Å². The lowest BCUT2D eigenvalue weighted by atomic mass is 10.1. The summed E-state index contributed by atoms with van der Waals surface area (Å²) in [5, 5.41) is 0. The fourth-order valence-corrected chi connectivity index (χ4v) is 3.18. The van der Waals surface area contributed by atoms with Gasteiger partial charge < -0.3 is 4.74 Å². The van der Waals surface area contributed by atoms with Gasteiger partial charge in [0.2, 0.25) is 15.8 Å². The first kappa shape index (κ1) is 19.8. The maximum Gasteiger partial charge on any atom is 0.338 e.